The fourth-order valence-electron chi connectivity index (χ4n) is 2.92. The molecule has 0 aliphatic heterocycles. The summed E-state index contributed by atoms with van der Waals surface area (Å²) in [4.78, 5) is 2.98. The standard InChI is InChI=1S/C22H31S.ClH/c1-2-3-4-5-6-7-8-15-20-23(21-16-11-9-12-17-21)22-18-13-10-14-19-22;/h9-14,16-19H,2-8,15,20H2,1H3;1H/q+1;/p-1. The van der Waals surface area contributed by atoms with Crippen LogP contribution in [0.3, 0.4) is 0 Å². The lowest BCUT2D eigenvalue weighted by Gasteiger charge is -2.08. The van der Waals surface area contributed by atoms with E-state index in [0.717, 1.165) is 0 Å². The van der Waals surface area contributed by atoms with Crippen molar-refractivity contribution in [2.75, 3.05) is 5.75 Å². The van der Waals surface area contributed by atoms with Crippen LogP contribution in [0.1, 0.15) is 58.3 Å². The Balaban J connectivity index is 0.00000288. The highest BCUT2D eigenvalue weighted by molar-refractivity contribution is 7.97. The van der Waals surface area contributed by atoms with Gasteiger partial charge in [-0.1, -0.05) is 81.8 Å². The normalized spacial score (nSPS) is 10.6. The van der Waals surface area contributed by atoms with E-state index in [2.05, 4.69) is 67.6 Å². The van der Waals surface area contributed by atoms with Crippen molar-refractivity contribution in [3.63, 3.8) is 0 Å². The lowest BCUT2D eigenvalue weighted by molar-refractivity contribution is -0.00000481. The van der Waals surface area contributed by atoms with Crippen molar-refractivity contribution in [3.8, 4) is 0 Å². The van der Waals surface area contributed by atoms with Crippen molar-refractivity contribution in [1.82, 2.24) is 0 Å². The average Bonchev–Trinajstić information content (AvgIpc) is 2.62. The van der Waals surface area contributed by atoms with E-state index >= 15 is 0 Å². The molecule has 0 amide bonds. The van der Waals surface area contributed by atoms with Crippen LogP contribution in [-0.4, -0.2) is 5.75 Å². The largest absolute Gasteiger partial charge is 1.00 e. The molecule has 24 heavy (non-hydrogen) atoms. The van der Waals surface area contributed by atoms with Gasteiger partial charge in [0.1, 0.15) is 5.75 Å². The number of unbranched alkanes of at least 4 members (excludes halogenated alkanes) is 7. The van der Waals surface area contributed by atoms with Gasteiger partial charge in [-0.15, -0.1) is 0 Å². The van der Waals surface area contributed by atoms with Gasteiger partial charge < -0.3 is 12.4 Å². The van der Waals surface area contributed by atoms with Crippen molar-refractivity contribution < 1.29 is 12.4 Å². The highest BCUT2D eigenvalue weighted by Crippen LogP contribution is 2.24. The minimum atomic E-state index is 0. The summed E-state index contributed by atoms with van der Waals surface area (Å²) in [5, 5.41) is 0. The molecule has 132 valence electrons. The molecule has 0 spiro atoms. The maximum Gasteiger partial charge on any atom is 0.160 e. The van der Waals surface area contributed by atoms with Crippen molar-refractivity contribution >= 4 is 10.9 Å². The van der Waals surface area contributed by atoms with E-state index in [-0.39, 0.29) is 23.3 Å². The van der Waals surface area contributed by atoms with E-state index in [0.29, 0.717) is 0 Å². The molecule has 0 bridgehead atoms. The van der Waals surface area contributed by atoms with Gasteiger partial charge in [-0.25, -0.2) is 0 Å². The first-order chi connectivity index (χ1) is 11.4. The lowest BCUT2D eigenvalue weighted by atomic mass is 10.1. The predicted molar refractivity (Wildman–Crippen MR) is 104 cm³/mol. The van der Waals surface area contributed by atoms with Crippen LogP contribution in [0.15, 0.2) is 70.5 Å². The van der Waals surface area contributed by atoms with Gasteiger partial charge in [0.2, 0.25) is 0 Å². The number of halogens is 1. The molecule has 0 aliphatic carbocycles. The van der Waals surface area contributed by atoms with Crippen LogP contribution in [0, 0.1) is 0 Å². The third kappa shape index (κ3) is 7.77. The molecule has 0 radical (unpaired) electrons. The highest BCUT2D eigenvalue weighted by atomic mass is 35.5. The van der Waals surface area contributed by atoms with E-state index in [1.54, 1.807) is 0 Å². The second-order valence-electron chi connectivity index (χ2n) is 6.20. The smallest absolute Gasteiger partial charge is 0.160 e. The lowest BCUT2D eigenvalue weighted by Crippen LogP contribution is -3.00. The highest BCUT2D eigenvalue weighted by Gasteiger charge is 2.23. The first-order valence-electron chi connectivity index (χ1n) is 9.23. The SMILES string of the molecule is CCCCCCCCCC[S+](c1ccccc1)c1ccccc1.[Cl-]. The van der Waals surface area contributed by atoms with Crippen LogP contribution in [0.4, 0.5) is 0 Å². The van der Waals surface area contributed by atoms with Crippen molar-refractivity contribution in [3.05, 3.63) is 60.7 Å². The van der Waals surface area contributed by atoms with Crippen molar-refractivity contribution in [1.29, 1.82) is 0 Å². The summed E-state index contributed by atoms with van der Waals surface area (Å²) < 4.78 is 0. The van der Waals surface area contributed by atoms with Crippen LogP contribution in [0.5, 0.6) is 0 Å². The quantitative estimate of drug-likeness (QED) is 0.420. The minimum absolute atomic E-state index is 0. The summed E-state index contributed by atoms with van der Waals surface area (Å²) in [5.41, 5.74) is 0. The monoisotopic (exact) mass is 362 g/mol. The summed E-state index contributed by atoms with van der Waals surface area (Å²) >= 11 is 0. The molecule has 0 aliphatic rings. The third-order valence-corrected chi connectivity index (χ3v) is 6.64. The first-order valence-corrected chi connectivity index (χ1v) is 10.6. The molecule has 0 atom stereocenters. The van der Waals surface area contributed by atoms with E-state index < -0.39 is 0 Å². The first kappa shape index (κ1) is 21.1. The third-order valence-electron chi connectivity index (χ3n) is 4.26. The van der Waals surface area contributed by atoms with Gasteiger partial charge in [-0.05, 0) is 37.1 Å². The minimum Gasteiger partial charge on any atom is -1.00 e. The van der Waals surface area contributed by atoms with Gasteiger partial charge >= 0.3 is 0 Å². The molecule has 0 unspecified atom stereocenters. The second kappa shape index (κ2) is 13.4. The van der Waals surface area contributed by atoms with E-state index in [9.17, 15) is 0 Å². The molecule has 0 fully saturated rings. The molecule has 2 heteroatoms. The number of hydrogen-bond donors (Lipinski definition) is 0. The molecular formula is C22H31ClS. The van der Waals surface area contributed by atoms with Crippen molar-refractivity contribution in [2.45, 2.75) is 68.1 Å². The maximum absolute atomic E-state index is 2.29. The van der Waals surface area contributed by atoms with Gasteiger partial charge in [0.25, 0.3) is 0 Å². The molecule has 0 nitrogen and oxygen atoms in total. The number of hydrogen-bond acceptors (Lipinski definition) is 0. The Hall–Kier alpha value is -0.920. The fraction of sp³-hybridized carbons (Fsp3) is 0.455. The van der Waals surface area contributed by atoms with Gasteiger partial charge in [0, 0.05) is 0 Å². The summed E-state index contributed by atoms with van der Waals surface area (Å²) in [6, 6.07) is 22.1. The van der Waals surface area contributed by atoms with Crippen LogP contribution < -0.4 is 12.4 Å². The summed E-state index contributed by atoms with van der Waals surface area (Å²) in [6.07, 6.45) is 11.2. The Labute approximate surface area is 157 Å². The maximum atomic E-state index is 2.29. The van der Waals surface area contributed by atoms with E-state index in [1.165, 1.54) is 66.9 Å². The summed E-state index contributed by atoms with van der Waals surface area (Å²) in [5.74, 6) is 1.29. The number of rotatable bonds is 11. The van der Waals surface area contributed by atoms with Gasteiger partial charge in [0.05, 0.1) is 10.9 Å². The Morgan fingerprint density at radius 2 is 1.00 bits per heavy atom. The van der Waals surface area contributed by atoms with Crippen molar-refractivity contribution in [2.24, 2.45) is 0 Å². The second-order valence-corrected chi connectivity index (χ2v) is 8.33. The molecule has 2 rings (SSSR count). The molecule has 2 aromatic carbocycles. The molecule has 0 aromatic heterocycles. The Bertz CT molecular complexity index is 473. The van der Waals surface area contributed by atoms with Gasteiger partial charge in [-0.3, -0.25) is 0 Å². The van der Waals surface area contributed by atoms with Crippen LogP contribution in [0.2, 0.25) is 0 Å². The van der Waals surface area contributed by atoms with Crippen LogP contribution in [0.25, 0.3) is 0 Å². The molecule has 0 saturated carbocycles. The van der Waals surface area contributed by atoms with E-state index in [4.69, 9.17) is 0 Å². The molecule has 0 N–H and O–H groups in total. The Morgan fingerprint density at radius 1 is 0.583 bits per heavy atom. The molecule has 0 heterocycles. The average molecular weight is 363 g/mol. The Kier molecular flexibility index (Phi) is 11.8. The topological polar surface area (TPSA) is 0 Å². The van der Waals surface area contributed by atoms with Gasteiger partial charge in [0.15, 0.2) is 9.79 Å². The molecule has 2 aromatic rings. The zero-order valence-corrected chi connectivity index (χ0v) is 16.5. The Morgan fingerprint density at radius 3 is 1.46 bits per heavy atom. The fourth-order valence-corrected chi connectivity index (χ4v) is 5.13. The molecule has 0 saturated heterocycles. The molecular weight excluding hydrogens is 332 g/mol. The summed E-state index contributed by atoms with van der Waals surface area (Å²) in [6.45, 7) is 2.29. The summed E-state index contributed by atoms with van der Waals surface area (Å²) in [7, 11) is 0.239. The van der Waals surface area contributed by atoms with Crippen LogP contribution in [-0.2, 0) is 10.9 Å². The number of benzene rings is 2. The van der Waals surface area contributed by atoms with Gasteiger partial charge in [-0.2, -0.15) is 0 Å². The zero-order valence-electron chi connectivity index (χ0n) is 14.9. The van der Waals surface area contributed by atoms with E-state index in [1.807, 2.05) is 0 Å². The zero-order chi connectivity index (χ0) is 16.2. The predicted octanol–water partition coefficient (Wildman–Crippen LogP) is 3.87. The van der Waals surface area contributed by atoms with Crippen LogP contribution >= 0.6 is 0 Å².